The van der Waals surface area contributed by atoms with Crippen molar-refractivity contribution in [2.24, 2.45) is 0 Å². The SMILES string of the molecule is CC(=O)c1cc(S(=O)(=O)Nc2cc(C(C)C)nn2-c2ncccn2)ccc1Cl. The minimum atomic E-state index is -4.01. The second-order valence-electron chi connectivity index (χ2n) is 6.37. The van der Waals surface area contributed by atoms with Gasteiger partial charge < -0.3 is 0 Å². The summed E-state index contributed by atoms with van der Waals surface area (Å²) in [5.74, 6) is 0.154. The molecule has 0 aliphatic rings. The molecule has 2 aromatic heterocycles. The van der Waals surface area contributed by atoms with Crippen LogP contribution in [0, 0.1) is 0 Å². The van der Waals surface area contributed by atoms with Crippen LogP contribution in [0.3, 0.4) is 0 Å². The van der Waals surface area contributed by atoms with E-state index in [4.69, 9.17) is 11.6 Å². The number of sulfonamides is 1. The molecule has 0 fully saturated rings. The van der Waals surface area contributed by atoms with Crippen LogP contribution >= 0.6 is 11.6 Å². The molecule has 0 radical (unpaired) electrons. The average Bonchev–Trinajstić information content (AvgIpc) is 3.06. The van der Waals surface area contributed by atoms with Gasteiger partial charge in [0.25, 0.3) is 16.0 Å². The fourth-order valence-corrected chi connectivity index (χ4v) is 3.75. The van der Waals surface area contributed by atoms with Crippen molar-refractivity contribution in [2.75, 3.05) is 4.72 Å². The summed E-state index contributed by atoms with van der Waals surface area (Å²) in [5.41, 5.74) is 0.804. The van der Waals surface area contributed by atoms with Crippen molar-refractivity contribution in [2.45, 2.75) is 31.6 Å². The molecule has 3 rings (SSSR count). The fourth-order valence-electron chi connectivity index (χ4n) is 2.45. The van der Waals surface area contributed by atoms with E-state index < -0.39 is 10.0 Å². The number of carbonyl (C=O) groups is 1. The van der Waals surface area contributed by atoms with Crippen LogP contribution in [0.2, 0.25) is 5.02 Å². The number of halogens is 1. The van der Waals surface area contributed by atoms with Gasteiger partial charge in [0.2, 0.25) is 0 Å². The summed E-state index contributed by atoms with van der Waals surface area (Å²) in [6.07, 6.45) is 3.07. The molecule has 8 nitrogen and oxygen atoms in total. The molecule has 2 heterocycles. The van der Waals surface area contributed by atoms with Gasteiger partial charge in [-0.25, -0.2) is 18.4 Å². The third-order valence-corrected chi connectivity index (χ3v) is 5.61. The minimum absolute atomic E-state index is 0.0630. The molecule has 146 valence electrons. The Labute approximate surface area is 167 Å². The molecule has 0 saturated carbocycles. The Morgan fingerprint density at radius 3 is 2.46 bits per heavy atom. The van der Waals surface area contributed by atoms with E-state index in [1.54, 1.807) is 12.1 Å². The fraction of sp³-hybridized carbons (Fsp3) is 0.222. The molecule has 3 aromatic rings. The first kappa shape index (κ1) is 20.0. The lowest BCUT2D eigenvalue weighted by atomic mass is 10.1. The van der Waals surface area contributed by atoms with Crippen molar-refractivity contribution >= 4 is 33.2 Å². The normalized spacial score (nSPS) is 11.6. The summed E-state index contributed by atoms with van der Waals surface area (Å²) < 4.78 is 29.6. The van der Waals surface area contributed by atoms with E-state index in [9.17, 15) is 13.2 Å². The molecule has 0 saturated heterocycles. The molecular weight excluding hydrogens is 402 g/mol. The smallest absolute Gasteiger partial charge is 0.263 e. The first-order valence-electron chi connectivity index (χ1n) is 8.39. The van der Waals surface area contributed by atoms with Crippen LogP contribution in [-0.4, -0.2) is 33.9 Å². The summed E-state index contributed by atoms with van der Waals surface area (Å²) in [6.45, 7) is 5.20. The van der Waals surface area contributed by atoms with Crippen LogP contribution in [-0.2, 0) is 10.0 Å². The highest BCUT2D eigenvalue weighted by Crippen LogP contribution is 2.25. The predicted molar refractivity (Wildman–Crippen MR) is 106 cm³/mol. The monoisotopic (exact) mass is 419 g/mol. The molecular formula is C18H18ClN5O3S. The molecule has 0 aliphatic heterocycles. The third kappa shape index (κ3) is 4.05. The van der Waals surface area contributed by atoms with E-state index >= 15 is 0 Å². The van der Waals surface area contributed by atoms with Gasteiger partial charge >= 0.3 is 0 Å². The average molecular weight is 420 g/mol. The van der Waals surface area contributed by atoms with Crippen LogP contribution in [0.25, 0.3) is 5.95 Å². The van der Waals surface area contributed by atoms with Crippen molar-refractivity contribution in [3.05, 3.63) is 59.0 Å². The summed E-state index contributed by atoms with van der Waals surface area (Å²) in [7, 11) is -4.01. The molecule has 0 unspecified atom stereocenters. The topological polar surface area (TPSA) is 107 Å². The van der Waals surface area contributed by atoms with Gasteiger partial charge in [-0.2, -0.15) is 9.78 Å². The Hall–Kier alpha value is -2.78. The summed E-state index contributed by atoms with van der Waals surface area (Å²) in [6, 6.07) is 7.23. The van der Waals surface area contributed by atoms with Gasteiger partial charge in [0.15, 0.2) is 5.78 Å². The quantitative estimate of drug-likeness (QED) is 0.613. The number of carbonyl (C=O) groups excluding carboxylic acids is 1. The molecule has 0 bridgehead atoms. The minimum Gasteiger partial charge on any atom is -0.294 e. The van der Waals surface area contributed by atoms with Crippen molar-refractivity contribution in [3.63, 3.8) is 0 Å². The zero-order chi connectivity index (χ0) is 20.5. The van der Waals surface area contributed by atoms with Crippen LogP contribution < -0.4 is 4.72 Å². The van der Waals surface area contributed by atoms with Gasteiger partial charge in [0.1, 0.15) is 5.82 Å². The van der Waals surface area contributed by atoms with E-state index in [0.29, 0.717) is 5.69 Å². The highest BCUT2D eigenvalue weighted by Gasteiger charge is 2.22. The van der Waals surface area contributed by atoms with E-state index in [-0.39, 0.29) is 38.9 Å². The molecule has 10 heteroatoms. The van der Waals surface area contributed by atoms with Crippen LogP contribution in [0.4, 0.5) is 5.82 Å². The number of hydrogen-bond acceptors (Lipinski definition) is 6. The summed E-state index contributed by atoms with van der Waals surface area (Å²) in [4.78, 5) is 19.9. The van der Waals surface area contributed by atoms with E-state index in [1.807, 2.05) is 13.8 Å². The van der Waals surface area contributed by atoms with Crippen molar-refractivity contribution in [3.8, 4) is 5.95 Å². The highest BCUT2D eigenvalue weighted by atomic mass is 35.5. The largest absolute Gasteiger partial charge is 0.294 e. The van der Waals surface area contributed by atoms with Crippen LogP contribution in [0.1, 0.15) is 42.7 Å². The van der Waals surface area contributed by atoms with Gasteiger partial charge in [-0.15, -0.1) is 0 Å². The zero-order valence-corrected chi connectivity index (χ0v) is 17.0. The molecule has 1 N–H and O–H groups in total. The number of Topliss-reactive ketones (excluding diaryl/α,β-unsaturated/α-hetero) is 1. The Bertz CT molecular complexity index is 1130. The highest BCUT2D eigenvalue weighted by molar-refractivity contribution is 7.92. The van der Waals surface area contributed by atoms with Crippen LogP contribution in [0.15, 0.2) is 47.6 Å². The summed E-state index contributed by atoms with van der Waals surface area (Å²) in [5, 5.41) is 4.60. The van der Waals surface area contributed by atoms with E-state index in [2.05, 4.69) is 19.8 Å². The maximum absolute atomic E-state index is 12.9. The molecule has 1 aromatic carbocycles. The number of nitrogens with one attached hydrogen (secondary N) is 1. The Morgan fingerprint density at radius 1 is 1.18 bits per heavy atom. The second kappa shape index (κ2) is 7.69. The standard InChI is InChI=1S/C18H18ClN5O3S/c1-11(2)16-10-17(24(22-16)18-20-7-4-8-21-18)23-28(26,27)13-5-6-15(19)14(9-13)12(3)25/h4-11,23H,1-3H3. The van der Waals surface area contributed by atoms with Crippen molar-refractivity contribution in [1.82, 2.24) is 19.7 Å². The molecule has 0 atom stereocenters. The summed E-state index contributed by atoms with van der Waals surface area (Å²) >= 11 is 5.98. The molecule has 28 heavy (non-hydrogen) atoms. The Kier molecular flexibility index (Phi) is 5.48. The third-order valence-electron chi connectivity index (χ3n) is 3.93. The second-order valence-corrected chi connectivity index (χ2v) is 8.46. The van der Waals surface area contributed by atoms with Crippen LogP contribution in [0.5, 0.6) is 0 Å². The van der Waals surface area contributed by atoms with Gasteiger partial charge in [-0.1, -0.05) is 25.4 Å². The van der Waals surface area contributed by atoms with Gasteiger partial charge in [-0.3, -0.25) is 9.52 Å². The maximum Gasteiger partial charge on any atom is 0.263 e. The first-order valence-corrected chi connectivity index (χ1v) is 10.3. The number of rotatable bonds is 6. The van der Waals surface area contributed by atoms with Crippen molar-refractivity contribution in [1.29, 1.82) is 0 Å². The Balaban J connectivity index is 2.05. The van der Waals surface area contributed by atoms with Gasteiger partial charge in [0, 0.05) is 24.0 Å². The number of ketones is 1. The van der Waals surface area contributed by atoms with Gasteiger partial charge in [-0.05, 0) is 37.1 Å². The lowest BCUT2D eigenvalue weighted by Crippen LogP contribution is -2.17. The number of benzene rings is 1. The van der Waals surface area contributed by atoms with Crippen molar-refractivity contribution < 1.29 is 13.2 Å². The number of hydrogen-bond donors (Lipinski definition) is 1. The number of anilines is 1. The molecule has 0 spiro atoms. The number of aromatic nitrogens is 4. The zero-order valence-electron chi connectivity index (χ0n) is 15.4. The molecule has 0 aliphatic carbocycles. The lowest BCUT2D eigenvalue weighted by molar-refractivity contribution is 0.101. The maximum atomic E-state index is 12.9. The first-order chi connectivity index (χ1) is 13.2. The Morgan fingerprint density at radius 2 is 1.86 bits per heavy atom. The predicted octanol–water partition coefficient (Wildman–Crippen LogP) is 3.44. The number of nitrogens with zero attached hydrogens (tertiary/aromatic N) is 4. The lowest BCUT2D eigenvalue weighted by Gasteiger charge is -2.10. The van der Waals surface area contributed by atoms with E-state index in [0.717, 1.165) is 0 Å². The molecule has 0 amide bonds. The van der Waals surface area contributed by atoms with Gasteiger partial charge in [0.05, 0.1) is 15.6 Å². The van der Waals surface area contributed by atoms with E-state index in [1.165, 1.54) is 42.2 Å².